The third-order valence-electron chi connectivity index (χ3n) is 2.32. The molecule has 0 aliphatic carbocycles. The maximum Gasteiger partial charge on any atom is 2.00 e. The van der Waals surface area contributed by atoms with Crippen molar-refractivity contribution in [1.82, 2.24) is 0 Å². The molecule has 1 rings (SSSR count). The number of rotatable bonds is 2. The number of halogens is 4. The summed E-state index contributed by atoms with van der Waals surface area (Å²) in [4.78, 5) is 0. The van der Waals surface area contributed by atoms with Crippen LogP contribution in [0.15, 0.2) is 36.5 Å². The second-order valence-electron chi connectivity index (χ2n) is 3.70. The van der Waals surface area contributed by atoms with Gasteiger partial charge in [-0.25, -0.2) is 0 Å². The smallest absolute Gasteiger partial charge is 1.00 e. The van der Waals surface area contributed by atoms with Crippen molar-refractivity contribution in [3.63, 3.8) is 0 Å². The van der Waals surface area contributed by atoms with E-state index in [0.29, 0.717) is 0 Å². The fourth-order valence-electron chi connectivity index (χ4n) is 1.16. The van der Waals surface area contributed by atoms with E-state index >= 15 is 0 Å². The van der Waals surface area contributed by atoms with Crippen LogP contribution < -0.4 is 17.6 Å². The summed E-state index contributed by atoms with van der Waals surface area (Å²) in [7, 11) is -1.99. The van der Waals surface area contributed by atoms with Crippen LogP contribution in [0.25, 0.3) is 0 Å². The molecule has 0 amide bonds. The molecule has 0 bridgehead atoms. The van der Waals surface area contributed by atoms with Crippen molar-refractivity contribution >= 4 is 36.3 Å². The summed E-state index contributed by atoms with van der Waals surface area (Å²) in [5.74, 6) is 0. The summed E-state index contributed by atoms with van der Waals surface area (Å²) in [5.41, 5.74) is 1.12. The van der Waals surface area contributed by atoms with Gasteiger partial charge in [-0.3, -0.25) is 0 Å². The average molecular weight is 289 g/mol. The zero-order valence-corrected chi connectivity index (χ0v) is 12.7. The summed E-state index contributed by atoms with van der Waals surface area (Å²) in [6.07, 6.45) is -4.27. The molecule has 0 heterocycles. The first-order valence-electron chi connectivity index (χ1n) is 4.44. The summed E-state index contributed by atoms with van der Waals surface area (Å²) in [6.45, 7) is 9.58. The molecule has 0 aliphatic rings. The van der Waals surface area contributed by atoms with E-state index < -0.39 is 19.8 Å². The van der Waals surface area contributed by atoms with Gasteiger partial charge in [0.05, 0.1) is 5.56 Å². The molecule has 0 fully saturated rings. The Bertz CT molecular complexity index is 360. The van der Waals surface area contributed by atoms with Gasteiger partial charge in [0.2, 0.25) is 0 Å². The standard InChI is InChI=1S/C11H12F3Si.ClH.Mg/c1-4-15(2,3)10-7-5-9(6-8-10)11(12,13)14;;/h4-8H,1-2H2,3H3;1H;/q-1;;+2/p-1. The Balaban J connectivity index is 0. The Morgan fingerprint density at radius 3 is 1.94 bits per heavy atom. The SMILES string of the molecule is C=C[Si]([CH2-])(C)c1ccc(C(F)(F)F)cc1.[Cl-].[Mg+2]. The molecule has 1 unspecified atom stereocenters. The largest absolute Gasteiger partial charge is 2.00 e. The van der Waals surface area contributed by atoms with Crippen LogP contribution in [0.2, 0.25) is 6.55 Å². The van der Waals surface area contributed by atoms with Gasteiger partial charge in [0.25, 0.3) is 0 Å². The molecular weight excluding hydrogens is 277 g/mol. The summed E-state index contributed by atoms with van der Waals surface area (Å²) >= 11 is 0. The Morgan fingerprint density at radius 1 is 1.24 bits per heavy atom. The minimum Gasteiger partial charge on any atom is -1.00 e. The van der Waals surface area contributed by atoms with Crippen molar-refractivity contribution in [2.75, 3.05) is 0 Å². The normalized spacial score (nSPS) is 13.9. The van der Waals surface area contributed by atoms with Gasteiger partial charge >= 0.3 is 29.2 Å². The van der Waals surface area contributed by atoms with Crippen LogP contribution in [0, 0.1) is 6.55 Å². The quantitative estimate of drug-likeness (QED) is 0.518. The monoisotopic (exact) mass is 288 g/mol. The predicted molar refractivity (Wildman–Crippen MR) is 64.0 cm³/mol. The van der Waals surface area contributed by atoms with E-state index in [1.165, 1.54) is 12.1 Å². The molecule has 17 heavy (non-hydrogen) atoms. The molecule has 1 aromatic carbocycles. The summed E-state index contributed by atoms with van der Waals surface area (Å²) < 4.78 is 36.8. The maximum atomic E-state index is 12.3. The van der Waals surface area contributed by atoms with Crippen LogP contribution in [0.1, 0.15) is 5.56 Å². The molecule has 0 spiro atoms. The Kier molecular flexibility index (Phi) is 7.77. The number of benzene rings is 1. The summed E-state index contributed by atoms with van der Waals surface area (Å²) in [6, 6.07) is 5.16. The van der Waals surface area contributed by atoms with Crippen LogP contribution in [0.3, 0.4) is 0 Å². The molecule has 1 aromatic rings. The molecule has 0 aliphatic heterocycles. The van der Waals surface area contributed by atoms with E-state index in [1.807, 2.05) is 6.55 Å². The van der Waals surface area contributed by atoms with Crippen LogP contribution in [-0.2, 0) is 6.18 Å². The van der Waals surface area contributed by atoms with Gasteiger partial charge in [-0.05, 0) is 8.07 Å². The fraction of sp³-hybridized carbons (Fsp3) is 0.182. The van der Waals surface area contributed by atoms with E-state index in [0.717, 1.165) is 17.3 Å². The van der Waals surface area contributed by atoms with Gasteiger partial charge in [-0.1, -0.05) is 36.0 Å². The number of hydrogen-bond donors (Lipinski definition) is 0. The first-order valence-corrected chi connectivity index (χ1v) is 7.22. The first-order chi connectivity index (χ1) is 6.77. The minimum atomic E-state index is -4.27. The van der Waals surface area contributed by atoms with Gasteiger partial charge < -0.3 is 19.0 Å². The van der Waals surface area contributed by atoms with Crippen LogP contribution in [0.5, 0.6) is 0 Å². The van der Waals surface area contributed by atoms with E-state index in [4.69, 9.17) is 0 Å². The van der Waals surface area contributed by atoms with Gasteiger partial charge in [0.1, 0.15) is 0 Å². The van der Waals surface area contributed by atoms with Gasteiger partial charge in [0.15, 0.2) is 0 Å². The molecule has 0 radical (unpaired) electrons. The number of alkyl halides is 3. The first kappa shape index (κ1) is 19.4. The topological polar surface area (TPSA) is 0 Å². The van der Waals surface area contributed by atoms with E-state index in [2.05, 4.69) is 13.1 Å². The van der Waals surface area contributed by atoms with Gasteiger partial charge in [0, 0.05) is 0 Å². The predicted octanol–water partition coefficient (Wildman–Crippen LogP) is -0.287. The van der Waals surface area contributed by atoms with Crippen LogP contribution >= 0.6 is 0 Å². The van der Waals surface area contributed by atoms with E-state index in [9.17, 15) is 13.2 Å². The third kappa shape index (κ3) is 5.03. The van der Waals surface area contributed by atoms with Crippen molar-refractivity contribution in [3.05, 3.63) is 48.7 Å². The van der Waals surface area contributed by atoms with E-state index in [-0.39, 0.29) is 35.5 Å². The molecule has 90 valence electrons. The molecule has 0 aromatic heterocycles. The zero-order valence-electron chi connectivity index (χ0n) is 9.52. The average Bonchev–Trinajstić information content (AvgIpc) is 2.17. The maximum absolute atomic E-state index is 12.3. The molecule has 0 saturated carbocycles. The number of hydrogen-bond acceptors (Lipinski definition) is 0. The van der Waals surface area contributed by atoms with Crippen LogP contribution in [-0.4, -0.2) is 31.1 Å². The van der Waals surface area contributed by atoms with Crippen LogP contribution in [0.4, 0.5) is 13.2 Å². The zero-order chi connectivity index (χ0) is 11.7. The molecule has 0 N–H and O–H groups in total. The third-order valence-corrected chi connectivity index (χ3v) is 4.88. The van der Waals surface area contributed by atoms with Crippen molar-refractivity contribution in [3.8, 4) is 0 Å². The fourth-order valence-corrected chi connectivity index (χ4v) is 2.32. The van der Waals surface area contributed by atoms with E-state index in [1.54, 1.807) is 5.70 Å². The Labute approximate surface area is 123 Å². The van der Waals surface area contributed by atoms with Crippen molar-refractivity contribution in [2.24, 2.45) is 0 Å². The van der Waals surface area contributed by atoms with Gasteiger partial charge in [-0.2, -0.15) is 13.2 Å². The Morgan fingerprint density at radius 2 is 1.65 bits per heavy atom. The van der Waals surface area contributed by atoms with Gasteiger partial charge in [-0.15, -0.1) is 12.3 Å². The molecule has 1 atom stereocenters. The Hall–Kier alpha value is 0.0231. The second kappa shape index (κ2) is 6.82. The minimum absolute atomic E-state index is 0. The second-order valence-corrected chi connectivity index (χ2v) is 7.52. The molecule has 6 heteroatoms. The molecule has 0 nitrogen and oxygen atoms in total. The van der Waals surface area contributed by atoms with Crippen molar-refractivity contribution in [1.29, 1.82) is 0 Å². The molecular formula is C11H12ClF3MgSi. The summed E-state index contributed by atoms with van der Waals surface area (Å²) in [5, 5.41) is 0.852. The van der Waals surface area contributed by atoms with Crippen molar-refractivity contribution < 1.29 is 25.6 Å². The van der Waals surface area contributed by atoms with Crippen molar-refractivity contribution in [2.45, 2.75) is 12.7 Å². The molecule has 0 saturated heterocycles.